The van der Waals surface area contributed by atoms with E-state index in [1.54, 1.807) is 0 Å². The summed E-state index contributed by atoms with van der Waals surface area (Å²) in [5.74, 6) is 1.97. The monoisotopic (exact) mass is 512 g/mol. The minimum Gasteiger partial charge on any atom is -0.265 e. The highest BCUT2D eigenvalue weighted by molar-refractivity contribution is 5.98. The van der Waals surface area contributed by atoms with Crippen LogP contribution in [-0.2, 0) is 0 Å². The molecule has 0 atom stereocenters. The van der Waals surface area contributed by atoms with Crippen LogP contribution in [0.4, 0.5) is 0 Å². The molecule has 0 spiro atoms. The van der Waals surface area contributed by atoms with E-state index in [0.717, 1.165) is 27.6 Å². The van der Waals surface area contributed by atoms with Gasteiger partial charge >= 0.3 is 0 Å². The van der Waals surface area contributed by atoms with Crippen LogP contribution >= 0.6 is 0 Å². The highest BCUT2D eigenvalue weighted by Crippen LogP contribution is 2.33. The SMILES string of the molecule is c1ccc(-c2nc(-c3ccccc3)nc(-c3ccc4c(-c5ccc(-c6ccncc6)cc5)cccc4c3)n2)cc1. The molecule has 7 rings (SSSR count). The fourth-order valence-corrected chi connectivity index (χ4v) is 5.00. The summed E-state index contributed by atoms with van der Waals surface area (Å²) in [6, 6.07) is 45.7. The second-order valence-electron chi connectivity index (χ2n) is 9.59. The minimum absolute atomic E-state index is 0.654. The smallest absolute Gasteiger partial charge is 0.164 e. The van der Waals surface area contributed by atoms with Gasteiger partial charge in [0.05, 0.1) is 0 Å². The Morgan fingerprint density at radius 3 is 1.50 bits per heavy atom. The summed E-state index contributed by atoms with van der Waals surface area (Å²) in [6.45, 7) is 0. The summed E-state index contributed by atoms with van der Waals surface area (Å²) in [4.78, 5) is 18.7. The third-order valence-corrected chi connectivity index (χ3v) is 7.05. The molecule has 5 aromatic carbocycles. The van der Waals surface area contributed by atoms with Crippen molar-refractivity contribution in [2.75, 3.05) is 0 Å². The molecule has 2 heterocycles. The van der Waals surface area contributed by atoms with Crippen LogP contribution in [0.5, 0.6) is 0 Å². The van der Waals surface area contributed by atoms with E-state index >= 15 is 0 Å². The van der Waals surface area contributed by atoms with Gasteiger partial charge < -0.3 is 0 Å². The van der Waals surface area contributed by atoms with Gasteiger partial charge in [0.25, 0.3) is 0 Å². The van der Waals surface area contributed by atoms with Crippen molar-refractivity contribution in [1.82, 2.24) is 19.9 Å². The van der Waals surface area contributed by atoms with Crippen LogP contribution in [0, 0.1) is 0 Å². The van der Waals surface area contributed by atoms with E-state index in [0.29, 0.717) is 17.5 Å². The van der Waals surface area contributed by atoms with Gasteiger partial charge in [-0.3, -0.25) is 4.98 Å². The van der Waals surface area contributed by atoms with Gasteiger partial charge in [0, 0.05) is 29.1 Å². The fraction of sp³-hybridized carbons (Fsp3) is 0. The Morgan fingerprint density at radius 1 is 0.350 bits per heavy atom. The Balaban J connectivity index is 1.30. The van der Waals surface area contributed by atoms with Crippen LogP contribution in [0.2, 0.25) is 0 Å². The first kappa shape index (κ1) is 23.6. The molecule has 0 radical (unpaired) electrons. The molecular formula is C36H24N4. The molecule has 0 N–H and O–H groups in total. The lowest BCUT2D eigenvalue weighted by Gasteiger charge is -2.11. The molecule has 0 saturated carbocycles. The molecule has 0 aliphatic carbocycles. The molecule has 0 unspecified atom stereocenters. The quantitative estimate of drug-likeness (QED) is 0.231. The van der Waals surface area contributed by atoms with Crippen molar-refractivity contribution in [3.05, 3.63) is 146 Å². The Labute approximate surface area is 232 Å². The van der Waals surface area contributed by atoms with Crippen molar-refractivity contribution >= 4 is 10.8 Å². The maximum Gasteiger partial charge on any atom is 0.164 e. The lowest BCUT2D eigenvalue weighted by molar-refractivity contribution is 1.07. The maximum absolute atomic E-state index is 4.90. The van der Waals surface area contributed by atoms with Crippen molar-refractivity contribution in [2.45, 2.75) is 0 Å². The third kappa shape index (κ3) is 4.63. The molecule has 0 fully saturated rings. The van der Waals surface area contributed by atoms with Gasteiger partial charge in [-0.1, -0.05) is 115 Å². The zero-order valence-electron chi connectivity index (χ0n) is 21.6. The van der Waals surface area contributed by atoms with E-state index in [4.69, 9.17) is 15.0 Å². The third-order valence-electron chi connectivity index (χ3n) is 7.05. The van der Waals surface area contributed by atoms with Gasteiger partial charge in [-0.25, -0.2) is 15.0 Å². The molecule has 188 valence electrons. The van der Waals surface area contributed by atoms with Crippen LogP contribution in [0.3, 0.4) is 0 Å². The summed E-state index contributed by atoms with van der Waals surface area (Å²) >= 11 is 0. The fourth-order valence-electron chi connectivity index (χ4n) is 5.00. The largest absolute Gasteiger partial charge is 0.265 e. The van der Waals surface area contributed by atoms with E-state index in [1.807, 2.05) is 85.2 Å². The van der Waals surface area contributed by atoms with Crippen LogP contribution < -0.4 is 0 Å². The number of fused-ring (bicyclic) bond motifs is 1. The molecule has 4 heteroatoms. The Kier molecular flexibility index (Phi) is 6.11. The summed E-state index contributed by atoms with van der Waals surface area (Å²) in [5, 5.41) is 2.32. The predicted molar refractivity (Wildman–Crippen MR) is 162 cm³/mol. The van der Waals surface area contributed by atoms with Crippen molar-refractivity contribution < 1.29 is 0 Å². The Hall–Kier alpha value is -5.48. The van der Waals surface area contributed by atoms with Gasteiger partial charge in [0.15, 0.2) is 17.5 Å². The highest BCUT2D eigenvalue weighted by atomic mass is 15.0. The van der Waals surface area contributed by atoms with Gasteiger partial charge in [0.1, 0.15) is 0 Å². The van der Waals surface area contributed by atoms with Gasteiger partial charge in [-0.2, -0.15) is 0 Å². The van der Waals surface area contributed by atoms with Crippen LogP contribution in [-0.4, -0.2) is 19.9 Å². The number of aromatic nitrogens is 4. The first-order valence-corrected chi connectivity index (χ1v) is 13.2. The standard InChI is InChI=1S/C36H24N4/c1-3-8-28(9-4-1)34-38-35(29-10-5-2-6-11-29)40-36(39-34)31-18-19-33-30(24-31)12-7-13-32(33)27-16-14-25(15-17-27)26-20-22-37-23-21-26/h1-24H. The maximum atomic E-state index is 4.90. The van der Waals surface area contributed by atoms with Crippen molar-refractivity contribution in [2.24, 2.45) is 0 Å². The first-order chi connectivity index (χ1) is 19.8. The van der Waals surface area contributed by atoms with Gasteiger partial charge in [0.2, 0.25) is 0 Å². The molecule has 0 aliphatic heterocycles. The number of hydrogen-bond donors (Lipinski definition) is 0. The number of hydrogen-bond acceptors (Lipinski definition) is 4. The molecule has 7 aromatic rings. The van der Waals surface area contributed by atoms with E-state index in [1.165, 1.54) is 22.1 Å². The second kappa shape index (κ2) is 10.4. The normalized spacial score (nSPS) is 11.0. The number of pyridine rings is 1. The molecule has 2 aromatic heterocycles. The molecule has 0 aliphatic rings. The van der Waals surface area contributed by atoms with Gasteiger partial charge in [-0.15, -0.1) is 0 Å². The summed E-state index contributed by atoms with van der Waals surface area (Å²) in [7, 11) is 0. The molecular weight excluding hydrogens is 488 g/mol. The van der Waals surface area contributed by atoms with Crippen molar-refractivity contribution in [3.63, 3.8) is 0 Å². The van der Waals surface area contributed by atoms with Gasteiger partial charge in [-0.05, 0) is 51.2 Å². The van der Waals surface area contributed by atoms with E-state index < -0.39 is 0 Å². The van der Waals surface area contributed by atoms with E-state index in [9.17, 15) is 0 Å². The molecule has 40 heavy (non-hydrogen) atoms. The predicted octanol–water partition coefficient (Wildman–Crippen LogP) is 8.75. The highest BCUT2D eigenvalue weighted by Gasteiger charge is 2.13. The molecule has 4 nitrogen and oxygen atoms in total. The first-order valence-electron chi connectivity index (χ1n) is 13.2. The minimum atomic E-state index is 0.654. The lowest BCUT2D eigenvalue weighted by Crippen LogP contribution is -2.00. The van der Waals surface area contributed by atoms with E-state index in [2.05, 4.69) is 65.6 Å². The molecule has 0 saturated heterocycles. The molecule has 0 amide bonds. The second-order valence-corrected chi connectivity index (χ2v) is 9.59. The number of benzene rings is 5. The topological polar surface area (TPSA) is 51.6 Å². The zero-order valence-corrected chi connectivity index (χ0v) is 21.6. The van der Waals surface area contributed by atoms with E-state index in [-0.39, 0.29) is 0 Å². The summed E-state index contributed by atoms with van der Waals surface area (Å²) < 4.78 is 0. The number of nitrogens with zero attached hydrogens (tertiary/aromatic N) is 4. The Bertz CT molecular complexity index is 1860. The lowest BCUT2D eigenvalue weighted by atomic mass is 9.95. The molecule has 0 bridgehead atoms. The van der Waals surface area contributed by atoms with Crippen LogP contribution in [0.15, 0.2) is 146 Å². The van der Waals surface area contributed by atoms with Crippen LogP contribution in [0.1, 0.15) is 0 Å². The summed E-state index contributed by atoms with van der Waals surface area (Å²) in [6.07, 6.45) is 3.65. The van der Waals surface area contributed by atoms with Crippen LogP contribution in [0.25, 0.3) is 67.2 Å². The average molecular weight is 513 g/mol. The average Bonchev–Trinajstić information content (AvgIpc) is 3.05. The summed E-state index contributed by atoms with van der Waals surface area (Å²) in [5.41, 5.74) is 7.57. The Morgan fingerprint density at radius 2 is 0.875 bits per heavy atom. The van der Waals surface area contributed by atoms with Crippen molar-refractivity contribution in [1.29, 1.82) is 0 Å². The number of rotatable bonds is 5. The van der Waals surface area contributed by atoms with Crippen molar-refractivity contribution in [3.8, 4) is 56.4 Å². The zero-order chi connectivity index (χ0) is 26.7.